The second kappa shape index (κ2) is 10.2. The summed E-state index contributed by atoms with van der Waals surface area (Å²) in [6.45, 7) is 13.3. The van der Waals surface area contributed by atoms with E-state index in [2.05, 4.69) is 34.0 Å². The lowest BCUT2D eigenvalue weighted by atomic mass is 9.89. The summed E-state index contributed by atoms with van der Waals surface area (Å²) >= 11 is 0. The van der Waals surface area contributed by atoms with Gasteiger partial charge in [-0.25, -0.2) is 19.7 Å². The third-order valence-electron chi connectivity index (χ3n) is 7.40. The van der Waals surface area contributed by atoms with Crippen molar-refractivity contribution in [1.82, 2.24) is 19.9 Å². The van der Waals surface area contributed by atoms with Gasteiger partial charge in [-0.3, -0.25) is 4.79 Å². The van der Waals surface area contributed by atoms with Gasteiger partial charge in [0.15, 0.2) is 0 Å². The summed E-state index contributed by atoms with van der Waals surface area (Å²) in [6.07, 6.45) is 3.72. The molecule has 3 heterocycles. The molecule has 1 saturated heterocycles. The van der Waals surface area contributed by atoms with Crippen LogP contribution in [0.5, 0.6) is 0 Å². The smallest absolute Gasteiger partial charge is 0.337 e. The van der Waals surface area contributed by atoms with Gasteiger partial charge in [-0.1, -0.05) is 13.8 Å². The molecule has 2 aliphatic rings. The number of nitrogens with one attached hydrogen (secondary N) is 1. The van der Waals surface area contributed by atoms with E-state index in [0.717, 1.165) is 30.2 Å². The molecule has 10 nitrogen and oxygen atoms in total. The number of amides is 1. The van der Waals surface area contributed by atoms with Crippen LogP contribution in [-0.4, -0.2) is 81.3 Å². The predicted molar refractivity (Wildman–Crippen MR) is 142 cm³/mol. The molecule has 1 aliphatic carbocycles. The van der Waals surface area contributed by atoms with Crippen LogP contribution in [0.15, 0.2) is 12.3 Å². The number of rotatable bonds is 7. The summed E-state index contributed by atoms with van der Waals surface area (Å²) in [6, 6.07) is 2.11. The molecule has 0 unspecified atom stereocenters. The molecule has 0 bridgehead atoms. The maximum Gasteiger partial charge on any atom is 0.337 e. The minimum atomic E-state index is -0.972. The Labute approximate surface area is 218 Å². The second-order valence-electron chi connectivity index (χ2n) is 11.1. The fourth-order valence-electron chi connectivity index (χ4n) is 5.25. The van der Waals surface area contributed by atoms with Crippen LogP contribution in [-0.2, 0) is 4.74 Å². The number of nitrogens with zero attached hydrogens (tertiary/aromatic N) is 5. The lowest BCUT2D eigenvalue weighted by Gasteiger charge is -2.47. The highest BCUT2D eigenvalue weighted by molar-refractivity contribution is 5.93. The number of anilines is 2. The third kappa shape index (κ3) is 5.39. The number of pyridine rings is 1. The molecule has 1 aliphatic heterocycles. The van der Waals surface area contributed by atoms with Crippen molar-refractivity contribution in [3.8, 4) is 0 Å². The van der Waals surface area contributed by atoms with Crippen LogP contribution >= 0.6 is 0 Å². The molecular weight excluding hydrogens is 472 g/mol. The van der Waals surface area contributed by atoms with Crippen molar-refractivity contribution >= 4 is 23.5 Å². The molecule has 1 saturated carbocycles. The molecule has 37 heavy (non-hydrogen) atoms. The average Bonchev–Trinajstić information content (AvgIpc) is 2.79. The average molecular weight is 511 g/mol. The van der Waals surface area contributed by atoms with Gasteiger partial charge in [0, 0.05) is 32.8 Å². The van der Waals surface area contributed by atoms with Gasteiger partial charge in [0.2, 0.25) is 0 Å². The van der Waals surface area contributed by atoms with Gasteiger partial charge in [0.25, 0.3) is 5.91 Å². The lowest BCUT2D eigenvalue weighted by Crippen LogP contribution is -2.61. The molecule has 2 aromatic rings. The Hall–Kier alpha value is -3.27. The molecular formula is C27H38N6O4. The van der Waals surface area contributed by atoms with E-state index in [1.54, 1.807) is 27.2 Å². The molecule has 0 aromatic carbocycles. The van der Waals surface area contributed by atoms with Crippen LogP contribution in [0.4, 0.5) is 11.6 Å². The number of aromatic nitrogens is 3. The van der Waals surface area contributed by atoms with Gasteiger partial charge in [0.05, 0.1) is 34.8 Å². The topological polar surface area (TPSA) is 121 Å². The summed E-state index contributed by atoms with van der Waals surface area (Å²) in [5.41, 5.74) is 2.04. The van der Waals surface area contributed by atoms with Gasteiger partial charge in [0.1, 0.15) is 17.3 Å². The van der Waals surface area contributed by atoms with Gasteiger partial charge in [-0.2, -0.15) is 0 Å². The van der Waals surface area contributed by atoms with Gasteiger partial charge in [-0.05, 0) is 58.1 Å². The van der Waals surface area contributed by atoms with E-state index in [-0.39, 0.29) is 23.5 Å². The highest BCUT2D eigenvalue weighted by Crippen LogP contribution is 2.31. The molecule has 0 radical (unpaired) electrons. The van der Waals surface area contributed by atoms with Crippen LogP contribution in [0.25, 0.3) is 0 Å². The maximum atomic E-state index is 13.6. The number of aryl methyl sites for hydroxylation is 2. The number of carboxylic acids is 1. The summed E-state index contributed by atoms with van der Waals surface area (Å²) < 4.78 is 5.37. The summed E-state index contributed by atoms with van der Waals surface area (Å²) in [5.74, 6) is 0.452. The zero-order valence-electron chi connectivity index (χ0n) is 22.8. The largest absolute Gasteiger partial charge is 0.478 e. The van der Waals surface area contributed by atoms with Crippen molar-refractivity contribution < 1.29 is 19.4 Å². The standard InChI is InChI=1S/C27H38N6O4/c1-15(2)23-24(30-18-11-19(12-18)37-7)28-13-20(31-23)25(34)33-9-8-32(14-27(33,5)6)21-10-16(3)22(26(35)36)17(4)29-21/h10,13,15,18-19H,8-9,11-12,14H2,1-7H3,(H,28,30)(H,35,36). The number of carbonyl (C=O) groups excluding carboxylic acids is 1. The maximum absolute atomic E-state index is 13.6. The van der Waals surface area contributed by atoms with E-state index in [4.69, 9.17) is 9.72 Å². The van der Waals surface area contributed by atoms with Crippen LogP contribution in [0.2, 0.25) is 0 Å². The fourth-order valence-corrected chi connectivity index (χ4v) is 5.25. The molecule has 1 amide bonds. The molecule has 4 rings (SSSR count). The molecule has 10 heteroatoms. The van der Waals surface area contributed by atoms with Crippen LogP contribution in [0, 0.1) is 13.8 Å². The lowest BCUT2D eigenvalue weighted by molar-refractivity contribution is 0.0327. The van der Waals surface area contributed by atoms with Crippen LogP contribution < -0.4 is 10.2 Å². The van der Waals surface area contributed by atoms with E-state index in [1.807, 2.05) is 24.8 Å². The molecule has 200 valence electrons. The van der Waals surface area contributed by atoms with Crippen molar-refractivity contribution in [1.29, 1.82) is 0 Å². The number of carbonyl (C=O) groups is 2. The minimum Gasteiger partial charge on any atom is -0.478 e. The summed E-state index contributed by atoms with van der Waals surface area (Å²) in [4.78, 5) is 43.1. The zero-order valence-corrected chi connectivity index (χ0v) is 22.8. The first-order valence-corrected chi connectivity index (χ1v) is 12.9. The highest BCUT2D eigenvalue weighted by atomic mass is 16.5. The number of ether oxygens (including phenoxy) is 1. The molecule has 0 spiro atoms. The van der Waals surface area contributed by atoms with Crippen molar-refractivity contribution in [2.24, 2.45) is 0 Å². The van der Waals surface area contributed by atoms with E-state index < -0.39 is 11.5 Å². The normalized spacial score (nSPS) is 21.1. The molecule has 2 fully saturated rings. The Kier molecular flexibility index (Phi) is 7.41. The van der Waals surface area contributed by atoms with E-state index in [0.29, 0.717) is 42.6 Å². The predicted octanol–water partition coefficient (Wildman–Crippen LogP) is 3.64. The number of aromatic carboxylic acids is 1. The van der Waals surface area contributed by atoms with Crippen molar-refractivity contribution in [2.75, 3.05) is 37.0 Å². The first kappa shape index (κ1) is 26.8. The quantitative estimate of drug-likeness (QED) is 0.575. The number of carboxylic acid groups (broad SMARTS) is 1. The number of methoxy groups -OCH3 is 1. The highest BCUT2D eigenvalue weighted by Gasteiger charge is 2.39. The third-order valence-corrected chi connectivity index (χ3v) is 7.40. The Balaban J connectivity index is 1.51. The van der Waals surface area contributed by atoms with E-state index in [1.165, 1.54) is 0 Å². The van der Waals surface area contributed by atoms with Gasteiger partial charge >= 0.3 is 5.97 Å². The first-order chi connectivity index (χ1) is 17.4. The van der Waals surface area contributed by atoms with Crippen molar-refractivity contribution in [3.05, 3.63) is 40.5 Å². The molecule has 2 N–H and O–H groups in total. The Bertz CT molecular complexity index is 1170. The zero-order chi connectivity index (χ0) is 27.1. The Morgan fingerprint density at radius 3 is 2.46 bits per heavy atom. The number of hydrogen-bond acceptors (Lipinski definition) is 8. The van der Waals surface area contributed by atoms with Gasteiger partial charge < -0.3 is 25.0 Å². The molecule has 2 aromatic heterocycles. The summed E-state index contributed by atoms with van der Waals surface area (Å²) in [5, 5.41) is 12.9. The first-order valence-electron chi connectivity index (χ1n) is 12.9. The van der Waals surface area contributed by atoms with Crippen molar-refractivity contribution in [3.63, 3.8) is 0 Å². The van der Waals surface area contributed by atoms with E-state index >= 15 is 0 Å². The van der Waals surface area contributed by atoms with Crippen LogP contribution in [0.1, 0.15) is 84.3 Å². The van der Waals surface area contributed by atoms with E-state index in [9.17, 15) is 14.7 Å². The second-order valence-corrected chi connectivity index (χ2v) is 11.1. The number of hydrogen-bond donors (Lipinski definition) is 2. The SMILES string of the molecule is COC1CC(Nc2ncc(C(=O)N3CCN(c4cc(C)c(C(=O)O)c(C)n4)CC3(C)C)nc2C(C)C)C1. The van der Waals surface area contributed by atoms with Gasteiger partial charge in [-0.15, -0.1) is 0 Å². The number of piperazine rings is 1. The van der Waals surface area contributed by atoms with Crippen molar-refractivity contribution in [2.45, 2.75) is 78.0 Å². The van der Waals surface area contributed by atoms with Crippen LogP contribution in [0.3, 0.4) is 0 Å². The summed E-state index contributed by atoms with van der Waals surface area (Å²) in [7, 11) is 1.73. The Morgan fingerprint density at radius 1 is 1.19 bits per heavy atom. The fraction of sp³-hybridized carbons (Fsp3) is 0.593. The molecule has 0 atom stereocenters. The Morgan fingerprint density at radius 2 is 1.89 bits per heavy atom. The monoisotopic (exact) mass is 510 g/mol. The minimum absolute atomic E-state index is 0.109.